The molecule has 9 nitrogen and oxygen atoms in total. The average molecular weight is 597 g/mol. The maximum Gasteiger partial charge on any atom is 0.330 e. The molecule has 0 saturated carbocycles. The Balaban J connectivity index is 2.25. The van der Waals surface area contributed by atoms with Crippen LogP contribution in [0.3, 0.4) is 0 Å². The highest BCUT2D eigenvalue weighted by molar-refractivity contribution is 7.91. The summed E-state index contributed by atoms with van der Waals surface area (Å²) in [6.07, 6.45) is 0.751. The van der Waals surface area contributed by atoms with Gasteiger partial charge in [-0.05, 0) is 48.1 Å². The maximum atomic E-state index is 13.8. The number of halogens is 2. The van der Waals surface area contributed by atoms with Crippen LogP contribution in [0.4, 0.5) is 8.78 Å². The molecule has 0 bridgehead atoms. The fourth-order valence-electron chi connectivity index (χ4n) is 4.23. The Hall–Kier alpha value is -2.93. The predicted molar refractivity (Wildman–Crippen MR) is 155 cm³/mol. The molecule has 2 rings (SSSR count). The van der Waals surface area contributed by atoms with Gasteiger partial charge in [-0.1, -0.05) is 44.5 Å². The lowest BCUT2D eigenvalue weighted by Gasteiger charge is -2.27. The fraction of sp³-hybridized carbons (Fsp3) is 0.517. The molecule has 228 valence electrons. The van der Waals surface area contributed by atoms with Crippen molar-refractivity contribution < 1.29 is 31.5 Å². The van der Waals surface area contributed by atoms with Gasteiger partial charge in [-0.15, -0.1) is 0 Å². The number of hydrogen-bond donors (Lipinski definition) is 4. The molecule has 12 heteroatoms. The van der Waals surface area contributed by atoms with E-state index in [-0.39, 0.29) is 37.2 Å². The van der Waals surface area contributed by atoms with Crippen molar-refractivity contribution in [1.82, 2.24) is 10.6 Å². The molecule has 2 aromatic carbocycles. The summed E-state index contributed by atoms with van der Waals surface area (Å²) in [5, 5.41) is 5.62. The van der Waals surface area contributed by atoms with Gasteiger partial charge in [0.25, 0.3) is 0 Å². The molecule has 0 spiro atoms. The van der Waals surface area contributed by atoms with Gasteiger partial charge in [-0.2, -0.15) is 0 Å². The van der Waals surface area contributed by atoms with Crippen LogP contribution in [0.1, 0.15) is 49.8 Å². The van der Waals surface area contributed by atoms with Crippen LogP contribution in [0, 0.1) is 11.6 Å². The summed E-state index contributed by atoms with van der Waals surface area (Å²) in [5.74, 6) is -3.89. The number of sulfone groups is 1. The Kier molecular flexibility index (Phi) is 14.3. The summed E-state index contributed by atoms with van der Waals surface area (Å²) >= 11 is 0. The predicted octanol–water partition coefficient (Wildman–Crippen LogP) is 2.15. The Morgan fingerprint density at radius 2 is 1.71 bits per heavy atom. The molecule has 0 fully saturated rings. The number of hydrogen-bond acceptors (Lipinski definition) is 8. The highest BCUT2D eigenvalue weighted by Gasteiger charge is 2.32. The molecule has 0 aliphatic rings. The lowest BCUT2D eigenvalue weighted by Crippen LogP contribution is -2.52. The van der Waals surface area contributed by atoms with Gasteiger partial charge in [0.05, 0.1) is 11.5 Å². The molecule has 1 amide bonds. The zero-order valence-electron chi connectivity index (χ0n) is 23.7. The number of carbonyl (C=O) groups excluding carboxylic acids is 2. The number of unbranched alkanes of at least 4 members (excludes halogenated alkanes) is 1. The molecule has 2 aromatic rings. The van der Waals surface area contributed by atoms with E-state index in [4.69, 9.17) is 16.2 Å². The first kappa shape index (κ1) is 34.3. The van der Waals surface area contributed by atoms with E-state index in [9.17, 15) is 26.8 Å². The summed E-state index contributed by atoms with van der Waals surface area (Å²) in [6, 6.07) is 8.56. The molecule has 0 aliphatic heterocycles. The van der Waals surface area contributed by atoms with E-state index >= 15 is 0 Å². The van der Waals surface area contributed by atoms with Crippen LogP contribution in [-0.2, 0) is 43.5 Å². The van der Waals surface area contributed by atoms with Crippen molar-refractivity contribution in [2.75, 3.05) is 24.6 Å². The van der Waals surface area contributed by atoms with Gasteiger partial charge in [0, 0.05) is 38.2 Å². The number of carbonyl (C=O) groups is 2. The van der Waals surface area contributed by atoms with Crippen molar-refractivity contribution in [1.29, 1.82) is 0 Å². The van der Waals surface area contributed by atoms with Crippen molar-refractivity contribution >= 4 is 21.7 Å². The van der Waals surface area contributed by atoms with Crippen LogP contribution in [0.25, 0.3) is 0 Å². The second kappa shape index (κ2) is 17.1. The largest absolute Gasteiger partial charge is 0.458 e. The Bertz CT molecular complexity index is 1230. The first-order valence-electron chi connectivity index (χ1n) is 13.9. The second-order valence-corrected chi connectivity index (χ2v) is 12.3. The van der Waals surface area contributed by atoms with Crippen LogP contribution < -0.4 is 22.1 Å². The molecular weight excluding hydrogens is 554 g/mol. The zero-order chi connectivity index (χ0) is 30.4. The van der Waals surface area contributed by atoms with E-state index in [1.54, 1.807) is 0 Å². The van der Waals surface area contributed by atoms with Gasteiger partial charge in [0.2, 0.25) is 5.91 Å². The number of ether oxygens (including phenoxy) is 1. The topological polar surface area (TPSA) is 154 Å². The lowest BCUT2D eigenvalue weighted by molar-refractivity contribution is -0.153. The van der Waals surface area contributed by atoms with Crippen LogP contribution in [-0.4, -0.2) is 63.1 Å². The number of esters is 1. The minimum atomic E-state index is -3.70. The number of amides is 1. The number of nitrogens with two attached hydrogens (primary N) is 2. The molecule has 3 atom stereocenters. The third-order valence-electron chi connectivity index (χ3n) is 6.43. The van der Waals surface area contributed by atoms with Crippen molar-refractivity contribution in [3.8, 4) is 0 Å². The quantitative estimate of drug-likeness (QED) is 0.191. The van der Waals surface area contributed by atoms with E-state index in [0.29, 0.717) is 19.4 Å². The Labute approximate surface area is 241 Å². The van der Waals surface area contributed by atoms with Crippen molar-refractivity contribution in [2.45, 2.75) is 70.7 Å². The molecule has 0 unspecified atom stereocenters. The maximum absolute atomic E-state index is 13.8. The van der Waals surface area contributed by atoms with E-state index in [1.807, 2.05) is 38.1 Å². The van der Waals surface area contributed by atoms with Gasteiger partial charge in [0.1, 0.15) is 23.8 Å². The standard InChI is InChI=1S/C29H42F2N4O5S/c1-3-5-11-41(38,39)19-26(35-28(36)9-10-32)29(37)40-27(18-34-17-21-8-6-7-20(4-2)12-21)25(33)15-22-13-23(30)16-24(31)14-22/h6-8,12-14,16,25-27,34H,3-5,9-11,15,17-19,32-33H2,1-2H3,(H,35,36)/t25-,26+,27+/m0/s1. The highest BCUT2D eigenvalue weighted by atomic mass is 32.2. The highest BCUT2D eigenvalue weighted by Crippen LogP contribution is 2.14. The lowest BCUT2D eigenvalue weighted by atomic mass is 10.0. The molecular formula is C29H42F2N4O5S. The van der Waals surface area contributed by atoms with Gasteiger partial charge >= 0.3 is 5.97 Å². The molecule has 0 aliphatic carbocycles. The molecule has 41 heavy (non-hydrogen) atoms. The smallest absolute Gasteiger partial charge is 0.330 e. The summed E-state index contributed by atoms with van der Waals surface area (Å²) in [5.41, 5.74) is 14.2. The minimum absolute atomic E-state index is 0.0109. The van der Waals surface area contributed by atoms with Crippen LogP contribution >= 0.6 is 0 Å². The van der Waals surface area contributed by atoms with E-state index < -0.39 is 57.3 Å². The fourth-order valence-corrected chi connectivity index (χ4v) is 5.85. The van der Waals surface area contributed by atoms with Crippen molar-refractivity contribution in [3.05, 3.63) is 70.8 Å². The monoisotopic (exact) mass is 596 g/mol. The summed E-state index contributed by atoms with van der Waals surface area (Å²) in [6.45, 7) is 4.38. The molecule has 0 radical (unpaired) electrons. The SMILES string of the molecule is CCCCS(=O)(=O)C[C@@H](NC(=O)CCN)C(=O)O[C@H](CNCc1cccc(CC)c1)[C@@H](N)Cc1cc(F)cc(F)c1. The van der Waals surface area contributed by atoms with Gasteiger partial charge in [0.15, 0.2) is 9.84 Å². The van der Waals surface area contributed by atoms with Gasteiger partial charge < -0.3 is 26.8 Å². The number of aryl methyl sites for hydroxylation is 1. The van der Waals surface area contributed by atoms with E-state index in [2.05, 4.69) is 10.6 Å². The molecule has 0 aromatic heterocycles. The first-order valence-corrected chi connectivity index (χ1v) is 15.7. The van der Waals surface area contributed by atoms with Crippen molar-refractivity contribution in [3.63, 3.8) is 0 Å². The van der Waals surface area contributed by atoms with Crippen LogP contribution in [0.15, 0.2) is 42.5 Å². The van der Waals surface area contributed by atoms with Crippen LogP contribution in [0.2, 0.25) is 0 Å². The molecule has 6 N–H and O–H groups in total. The summed E-state index contributed by atoms with van der Waals surface area (Å²) in [4.78, 5) is 25.6. The Morgan fingerprint density at radius 1 is 1.02 bits per heavy atom. The normalized spacial score (nSPS) is 13.8. The minimum Gasteiger partial charge on any atom is -0.458 e. The average Bonchev–Trinajstić information content (AvgIpc) is 2.90. The third-order valence-corrected chi connectivity index (χ3v) is 8.19. The molecule has 0 heterocycles. The van der Waals surface area contributed by atoms with Gasteiger partial charge in [-0.25, -0.2) is 22.0 Å². The van der Waals surface area contributed by atoms with E-state index in [1.165, 1.54) is 0 Å². The third kappa shape index (κ3) is 12.6. The van der Waals surface area contributed by atoms with Gasteiger partial charge in [-0.3, -0.25) is 4.79 Å². The second-order valence-electron chi connectivity index (χ2n) is 10.1. The number of rotatable bonds is 18. The van der Waals surface area contributed by atoms with Crippen molar-refractivity contribution in [2.24, 2.45) is 11.5 Å². The zero-order valence-corrected chi connectivity index (χ0v) is 24.5. The molecule has 0 saturated heterocycles. The summed E-state index contributed by atoms with van der Waals surface area (Å²) < 4.78 is 58.6. The number of nitrogens with one attached hydrogen (secondary N) is 2. The Morgan fingerprint density at radius 3 is 2.34 bits per heavy atom. The van der Waals surface area contributed by atoms with E-state index in [0.717, 1.165) is 35.7 Å². The first-order chi connectivity index (χ1) is 19.5. The summed E-state index contributed by atoms with van der Waals surface area (Å²) in [7, 11) is -3.70. The number of benzene rings is 2. The van der Waals surface area contributed by atoms with Crippen LogP contribution in [0.5, 0.6) is 0 Å².